The van der Waals surface area contributed by atoms with Crippen molar-refractivity contribution in [3.05, 3.63) is 30.0 Å². The molecule has 0 fully saturated rings. The quantitative estimate of drug-likeness (QED) is 0.764. The summed E-state index contributed by atoms with van der Waals surface area (Å²) in [5.41, 5.74) is 8.85. The van der Waals surface area contributed by atoms with E-state index < -0.39 is 0 Å². The number of H-pyrrole nitrogens is 1. The number of nitrogens with zero attached hydrogens (tertiary/aromatic N) is 1. The normalized spacial score (nSPS) is 18.2. The zero-order valence-electron chi connectivity index (χ0n) is 9.03. The van der Waals surface area contributed by atoms with Gasteiger partial charge in [-0.05, 0) is 30.7 Å². The summed E-state index contributed by atoms with van der Waals surface area (Å²) in [4.78, 5) is 7.01. The number of imidazole rings is 1. The van der Waals surface area contributed by atoms with E-state index >= 15 is 0 Å². The summed E-state index contributed by atoms with van der Waals surface area (Å²) in [6.45, 7) is 2.08. The first-order valence-corrected chi connectivity index (χ1v) is 5.33. The van der Waals surface area contributed by atoms with Gasteiger partial charge in [-0.2, -0.15) is 0 Å². The molecule has 1 aromatic heterocycles. The fourth-order valence-electron chi connectivity index (χ4n) is 2.07. The molecular formula is C12H13N3O. The van der Waals surface area contributed by atoms with Crippen LogP contribution >= 0.6 is 0 Å². The second-order valence-corrected chi connectivity index (χ2v) is 4.14. The number of nitrogen functional groups attached to an aromatic ring is 1. The van der Waals surface area contributed by atoms with Gasteiger partial charge in [0.25, 0.3) is 0 Å². The van der Waals surface area contributed by atoms with Gasteiger partial charge in [-0.15, -0.1) is 0 Å². The van der Waals surface area contributed by atoms with Crippen molar-refractivity contribution in [2.75, 3.05) is 5.73 Å². The summed E-state index contributed by atoms with van der Waals surface area (Å²) >= 11 is 0. The Morgan fingerprint density at radius 2 is 2.38 bits per heavy atom. The van der Waals surface area contributed by atoms with E-state index in [-0.39, 0.29) is 6.10 Å². The molecule has 0 amide bonds. The van der Waals surface area contributed by atoms with Crippen molar-refractivity contribution in [1.82, 2.24) is 9.97 Å². The van der Waals surface area contributed by atoms with Crippen LogP contribution in [0.15, 0.2) is 24.4 Å². The number of aromatic nitrogens is 2. The molecule has 2 aromatic rings. The lowest BCUT2D eigenvalue weighted by atomic mass is 10.1. The van der Waals surface area contributed by atoms with Gasteiger partial charge in [0.15, 0.2) is 5.95 Å². The summed E-state index contributed by atoms with van der Waals surface area (Å²) in [7, 11) is 0. The first-order valence-electron chi connectivity index (χ1n) is 5.33. The molecule has 1 aliphatic heterocycles. The lowest BCUT2D eigenvalue weighted by Crippen LogP contribution is -2.05. The number of nitrogens with one attached hydrogen (secondary N) is 1. The van der Waals surface area contributed by atoms with E-state index in [1.54, 1.807) is 6.20 Å². The lowest BCUT2D eigenvalue weighted by molar-refractivity contribution is 0.254. The molecule has 0 saturated heterocycles. The highest BCUT2D eigenvalue weighted by molar-refractivity contribution is 5.63. The largest absolute Gasteiger partial charge is 0.490 e. The first-order chi connectivity index (χ1) is 7.72. The Morgan fingerprint density at radius 1 is 1.50 bits per heavy atom. The zero-order chi connectivity index (χ0) is 11.1. The van der Waals surface area contributed by atoms with Crippen molar-refractivity contribution in [2.24, 2.45) is 0 Å². The van der Waals surface area contributed by atoms with E-state index in [2.05, 4.69) is 23.0 Å². The Hall–Kier alpha value is -1.97. The zero-order valence-corrected chi connectivity index (χ0v) is 9.03. The molecule has 1 unspecified atom stereocenters. The second-order valence-electron chi connectivity index (χ2n) is 4.14. The standard InChI is InChI=1S/C12H13N3O/c1-7-4-9-5-8(2-3-11(9)16-7)10-6-14-12(13)15-10/h2-3,5-7H,4H2,1H3,(H3,13,14,15). The molecule has 0 radical (unpaired) electrons. The van der Waals surface area contributed by atoms with Gasteiger partial charge < -0.3 is 15.5 Å². The number of hydrogen-bond acceptors (Lipinski definition) is 3. The van der Waals surface area contributed by atoms with Gasteiger partial charge in [-0.25, -0.2) is 4.98 Å². The third kappa shape index (κ3) is 1.43. The van der Waals surface area contributed by atoms with Gasteiger partial charge in [0.1, 0.15) is 11.9 Å². The Bertz CT molecular complexity index is 533. The van der Waals surface area contributed by atoms with Crippen LogP contribution < -0.4 is 10.5 Å². The predicted octanol–water partition coefficient (Wildman–Crippen LogP) is 1.98. The number of aromatic amines is 1. The second kappa shape index (κ2) is 3.27. The van der Waals surface area contributed by atoms with Gasteiger partial charge >= 0.3 is 0 Å². The van der Waals surface area contributed by atoms with Crippen LogP contribution in [0.1, 0.15) is 12.5 Å². The molecule has 16 heavy (non-hydrogen) atoms. The molecule has 3 rings (SSSR count). The van der Waals surface area contributed by atoms with Crippen molar-refractivity contribution in [1.29, 1.82) is 0 Å². The molecular weight excluding hydrogens is 202 g/mol. The van der Waals surface area contributed by atoms with Crippen LogP contribution in [0.5, 0.6) is 5.75 Å². The van der Waals surface area contributed by atoms with Crippen LogP contribution in [0.4, 0.5) is 5.95 Å². The highest BCUT2D eigenvalue weighted by Crippen LogP contribution is 2.32. The molecule has 4 heteroatoms. The Labute approximate surface area is 93.5 Å². The average molecular weight is 215 g/mol. The SMILES string of the molecule is CC1Cc2cc(-c3cnc(N)[nH]3)ccc2O1. The summed E-state index contributed by atoms with van der Waals surface area (Å²) in [6, 6.07) is 6.15. The van der Waals surface area contributed by atoms with Crippen LogP contribution in [0.2, 0.25) is 0 Å². The summed E-state index contributed by atoms with van der Waals surface area (Å²) in [5.74, 6) is 1.43. The topological polar surface area (TPSA) is 63.9 Å². The maximum absolute atomic E-state index is 5.65. The smallest absolute Gasteiger partial charge is 0.197 e. The number of fused-ring (bicyclic) bond motifs is 1. The molecule has 1 aliphatic rings. The molecule has 1 aromatic carbocycles. The Balaban J connectivity index is 2.02. The minimum Gasteiger partial charge on any atom is -0.490 e. The molecule has 0 saturated carbocycles. The average Bonchev–Trinajstić information content (AvgIpc) is 2.81. The maximum atomic E-state index is 5.65. The van der Waals surface area contributed by atoms with E-state index in [4.69, 9.17) is 10.5 Å². The van der Waals surface area contributed by atoms with Gasteiger partial charge in [-0.3, -0.25) is 0 Å². The molecule has 3 N–H and O–H groups in total. The van der Waals surface area contributed by atoms with Gasteiger partial charge in [0.05, 0.1) is 11.9 Å². The number of nitrogens with two attached hydrogens (primary N) is 1. The lowest BCUT2D eigenvalue weighted by Gasteiger charge is -2.02. The van der Waals surface area contributed by atoms with Crippen LogP contribution in [-0.4, -0.2) is 16.1 Å². The van der Waals surface area contributed by atoms with Crippen molar-refractivity contribution < 1.29 is 4.74 Å². The number of rotatable bonds is 1. The van der Waals surface area contributed by atoms with E-state index in [1.165, 1.54) is 5.56 Å². The van der Waals surface area contributed by atoms with Gasteiger partial charge in [-0.1, -0.05) is 0 Å². The van der Waals surface area contributed by atoms with E-state index in [0.29, 0.717) is 5.95 Å². The monoisotopic (exact) mass is 215 g/mol. The third-order valence-corrected chi connectivity index (χ3v) is 2.80. The van der Waals surface area contributed by atoms with Crippen LogP contribution in [0.25, 0.3) is 11.3 Å². The number of hydrogen-bond donors (Lipinski definition) is 2. The molecule has 0 bridgehead atoms. The van der Waals surface area contributed by atoms with Gasteiger partial charge in [0, 0.05) is 12.0 Å². The summed E-state index contributed by atoms with van der Waals surface area (Å²) < 4.78 is 5.65. The van der Waals surface area contributed by atoms with Crippen molar-refractivity contribution in [3.63, 3.8) is 0 Å². The Morgan fingerprint density at radius 3 is 3.12 bits per heavy atom. The fraction of sp³-hybridized carbons (Fsp3) is 0.250. The Kier molecular flexibility index (Phi) is 1.89. The number of benzene rings is 1. The van der Waals surface area contributed by atoms with Crippen LogP contribution in [-0.2, 0) is 6.42 Å². The minimum atomic E-state index is 0.275. The van der Waals surface area contributed by atoms with E-state index in [9.17, 15) is 0 Å². The molecule has 4 nitrogen and oxygen atoms in total. The highest BCUT2D eigenvalue weighted by atomic mass is 16.5. The first kappa shape index (κ1) is 9.27. The van der Waals surface area contributed by atoms with E-state index in [1.807, 2.05) is 12.1 Å². The number of anilines is 1. The summed E-state index contributed by atoms with van der Waals surface area (Å²) in [5, 5.41) is 0. The fourth-order valence-corrected chi connectivity index (χ4v) is 2.07. The molecule has 0 spiro atoms. The highest BCUT2D eigenvalue weighted by Gasteiger charge is 2.19. The van der Waals surface area contributed by atoms with E-state index in [0.717, 1.165) is 23.4 Å². The van der Waals surface area contributed by atoms with Crippen LogP contribution in [0, 0.1) is 0 Å². The van der Waals surface area contributed by atoms with Crippen molar-refractivity contribution in [3.8, 4) is 17.0 Å². The maximum Gasteiger partial charge on any atom is 0.197 e. The van der Waals surface area contributed by atoms with Crippen molar-refractivity contribution >= 4 is 5.95 Å². The van der Waals surface area contributed by atoms with Gasteiger partial charge in [0.2, 0.25) is 0 Å². The molecule has 1 atom stereocenters. The molecule has 2 heterocycles. The predicted molar refractivity (Wildman–Crippen MR) is 62.2 cm³/mol. The van der Waals surface area contributed by atoms with Crippen LogP contribution in [0.3, 0.4) is 0 Å². The summed E-state index contributed by atoms with van der Waals surface area (Å²) in [6.07, 6.45) is 2.99. The minimum absolute atomic E-state index is 0.275. The molecule has 82 valence electrons. The number of ether oxygens (including phenoxy) is 1. The molecule has 0 aliphatic carbocycles. The van der Waals surface area contributed by atoms with Crippen molar-refractivity contribution in [2.45, 2.75) is 19.4 Å². The third-order valence-electron chi connectivity index (χ3n) is 2.80.